The molecule has 20 heavy (non-hydrogen) atoms. The number of urea groups is 1. The molecule has 3 fully saturated rings. The SMILES string of the molecule is COCC1(C2CCC2)CN(C(=O)NC2CCS(=O)C2)C1. The maximum Gasteiger partial charge on any atom is 0.317 e. The average molecular weight is 300 g/mol. The van der Waals surface area contributed by atoms with Crippen molar-refractivity contribution < 1.29 is 13.7 Å². The molecule has 2 heterocycles. The maximum absolute atomic E-state index is 12.2. The van der Waals surface area contributed by atoms with Gasteiger partial charge in [-0.1, -0.05) is 6.42 Å². The van der Waals surface area contributed by atoms with Gasteiger partial charge in [0.2, 0.25) is 0 Å². The summed E-state index contributed by atoms with van der Waals surface area (Å²) < 4.78 is 16.7. The molecular formula is C14H24N2O3S. The zero-order valence-electron chi connectivity index (χ0n) is 12.1. The van der Waals surface area contributed by atoms with Gasteiger partial charge in [-0.05, 0) is 25.2 Å². The minimum atomic E-state index is -0.738. The van der Waals surface area contributed by atoms with Crippen molar-refractivity contribution >= 4 is 16.8 Å². The number of amides is 2. The van der Waals surface area contributed by atoms with Crippen molar-refractivity contribution in [3.05, 3.63) is 0 Å². The summed E-state index contributed by atoms with van der Waals surface area (Å²) in [6, 6.07) is 0.115. The van der Waals surface area contributed by atoms with Crippen LogP contribution in [0.4, 0.5) is 4.79 Å². The highest BCUT2D eigenvalue weighted by atomic mass is 32.2. The summed E-state index contributed by atoms with van der Waals surface area (Å²) in [4.78, 5) is 14.1. The monoisotopic (exact) mass is 300 g/mol. The molecule has 2 aliphatic heterocycles. The van der Waals surface area contributed by atoms with Crippen LogP contribution in [0.25, 0.3) is 0 Å². The third-order valence-corrected chi connectivity index (χ3v) is 6.58. The predicted octanol–water partition coefficient (Wildman–Crippen LogP) is 0.965. The highest BCUT2D eigenvalue weighted by Crippen LogP contribution is 2.48. The van der Waals surface area contributed by atoms with E-state index in [0.29, 0.717) is 5.75 Å². The Balaban J connectivity index is 1.50. The first-order valence-corrected chi connectivity index (χ1v) is 9.01. The average Bonchev–Trinajstić information content (AvgIpc) is 2.68. The standard InChI is InChI=1S/C14H24N2O3S/c1-19-10-14(11-3-2-4-11)8-16(9-14)13(17)15-12-5-6-20(18)7-12/h11-12H,2-10H2,1H3,(H,15,17). The number of nitrogens with zero attached hydrogens (tertiary/aromatic N) is 1. The molecule has 0 aromatic carbocycles. The lowest BCUT2D eigenvalue weighted by Crippen LogP contribution is -2.66. The van der Waals surface area contributed by atoms with Gasteiger partial charge in [-0.3, -0.25) is 4.21 Å². The van der Waals surface area contributed by atoms with Gasteiger partial charge in [0.25, 0.3) is 0 Å². The first-order valence-electron chi connectivity index (χ1n) is 7.52. The van der Waals surface area contributed by atoms with Crippen LogP contribution in [0.2, 0.25) is 0 Å². The van der Waals surface area contributed by atoms with E-state index in [4.69, 9.17) is 4.74 Å². The van der Waals surface area contributed by atoms with Gasteiger partial charge < -0.3 is 15.0 Å². The van der Waals surface area contributed by atoms with E-state index in [-0.39, 0.29) is 17.5 Å². The molecule has 2 saturated heterocycles. The number of carbonyl (C=O) groups is 1. The van der Waals surface area contributed by atoms with E-state index in [1.807, 2.05) is 4.90 Å². The lowest BCUT2D eigenvalue weighted by atomic mass is 9.61. The molecule has 1 N–H and O–H groups in total. The molecule has 0 aromatic rings. The van der Waals surface area contributed by atoms with Gasteiger partial charge in [-0.25, -0.2) is 4.79 Å². The van der Waals surface area contributed by atoms with Crippen molar-refractivity contribution in [3.8, 4) is 0 Å². The van der Waals surface area contributed by atoms with Crippen molar-refractivity contribution in [2.45, 2.75) is 31.7 Å². The number of nitrogens with one attached hydrogen (secondary N) is 1. The number of likely N-dealkylation sites (tertiary alicyclic amines) is 1. The number of ether oxygens (including phenoxy) is 1. The molecule has 114 valence electrons. The van der Waals surface area contributed by atoms with Crippen LogP contribution in [-0.2, 0) is 15.5 Å². The Morgan fingerprint density at radius 1 is 1.40 bits per heavy atom. The van der Waals surface area contributed by atoms with Crippen molar-refractivity contribution in [2.24, 2.45) is 11.3 Å². The Morgan fingerprint density at radius 2 is 2.15 bits per heavy atom. The molecule has 3 aliphatic rings. The normalized spacial score (nSPS) is 32.5. The summed E-state index contributed by atoms with van der Waals surface area (Å²) in [7, 11) is 1.01. The minimum Gasteiger partial charge on any atom is -0.384 e. The smallest absolute Gasteiger partial charge is 0.317 e. The van der Waals surface area contributed by atoms with E-state index < -0.39 is 10.8 Å². The van der Waals surface area contributed by atoms with Crippen LogP contribution in [0.5, 0.6) is 0 Å². The number of methoxy groups -OCH3 is 1. The van der Waals surface area contributed by atoms with Crippen LogP contribution in [-0.4, -0.2) is 59.5 Å². The van der Waals surface area contributed by atoms with Crippen LogP contribution in [0.1, 0.15) is 25.7 Å². The molecule has 2 atom stereocenters. The van der Waals surface area contributed by atoms with Gasteiger partial charge in [0.15, 0.2) is 0 Å². The molecule has 2 amide bonds. The Hall–Kier alpha value is -0.620. The van der Waals surface area contributed by atoms with Crippen LogP contribution < -0.4 is 5.32 Å². The lowest BCUT2D eigenvalue weighted by molar-refractivity contribution is -0.0940. The van der Waals surface area contributed by atoms with Gasteiger partial charge in [-0.2, -0.15) is 0 Å². The van der Waals surface area contributed by atoms with Crippen LogP contribution in [0.15, 0.2) is 0 Å². The van der Waals surface area contributed by atoms with Gasteiger partial charge in [0.1, 0.15) is 0 Å². The molecule has 6 heteroatoms. The Bertz CT molecular complexity index is 405. The highest BCUT2D eigenvalue weighted by Gasteiger charge is 2.52. The van der Waals surface area contributed by atoms with Gasteiger partial charge >= 0.3 is 6.03 Å². The summed E-state index contributed by atoms with van der Waals surface area (Å²) in [5.41, 5.74) is 0.197. The second-order valence-corrected chi connectivity index (χ2v) is 8.15. The molecule has 0 radical (unpaired) electrons. The second kappa shape index (κ2) is 5.64. The van der Waals surface area contributed by atoms with E-state index in [1.54, 1.807) is 7.11 Å². The van der Waals surface area contributed by atoms with Crippen molar-refractivity contribution in [1.82, 2.24) is 10.2 Å². The Labute approximate surface area is 122 Å². The van der Waals surface area contributed by atoms with E-state index in [2.05, 4.69) is 5.32 Å². The zero-order valence-corrected chi connectivity index (χ0v) is 12.9. The predicted molar refractivity (Wildman–Crippen MR) is 78.0 cm³/mol. The number of hydrogen-bond donors (Lipinski definition) is 1. The van der Waals surface area contributed by atoms with Crippen LogP contribution in [0, 0.1) is 11.3 Å². The van der Waals surface area contributed by atoms with Crippen LogP contribution >= 0.6 is 0 Å². The zero-order chi connectivity index (χ0) is 14.2. The first-order chi connectivity index (χ1) is 9.63. The molecular weight excluding hydrogens is 276 g/mol. The molecule has 5 nitrogen and oxygen atoms in total. The number of rotatable bonds is 4. The first kappa shape index (κ1) is 14.3. The molecule has 2 unspecified atom stereocenters. The third kappa shape index (κ3) is 2.60. The van der Waals surface area contributed by atoms with Crippen LogP contribution in [0.3, 0.4) is 0 Å². The molecule has 3 rings (SSSR count). The van der Waals surface area contributed by atoms with E-state index in [9.17, 15) is 9.00 Å². The fourth-order valence-electron chi connectivity index (χ4n) is 3.68. The lowest BCUT2D eigenvalue weighted by Gasteiger charge is -2.56. The van der Waals surface area contributed by atoms with Crippen molar-refractivity contribution in [1.29, 1.82) is 0 Å². The summed E-state index contributed by atoms with van der Waals surface area (Å²) in [5, 5.41) is 3.02. The summed E-state index contributed by atoms with van der Waals surface area (Å²) in [5.74, 6) is 2.07. The van der Waals surface area contributed by atoms with Gasteiger partial charge in [0, 0.05) is 54.0 Å². The van der Waals surface area contributed by atoms with Gasteiger partial charge in [0.05, 0.1) is 6.61 Å². The van der Waals surface area contributed by atoms with E-state index >= 15 is 0 Å². The quantitative estimate of drug-likeness (QED) is 0.841. The summed E-state index contributed by atoms with van der Waals surface area (Å²) in [6.07, 6.45) is 4.72. The molecule has 0 bridgehead atoms. The number of carbonyl (C=O) groups excluding carboxylic acids is 1. The second-order valence-electron chi connectivity index (χ2n) is 6.52. The molecule has 1 aliphatic carbocycles. The maximum atomic E-state index is 12.2. The minimum absolute atomic E-state index is 0.0138. The van der Waals surface area contributed by atoms with Crippen molar-refractivity contribution in [2.75, 3.05) is 38.3 Å². The fraction of sp³-hybridized carbons (Fsp3) is 0.929. The van der Waals surface area contributed by atoms with Crippen molar-refractivity contribution in [3.63, 3.8) is 0 Å². The van der Waals surface area contributed by atoms with Gasteiger partial charge in [-0.15, -0.1) is 0 Å². The third-order valence-electron chi connectivity index (χ3n) is 5.11. The largest absolute Gasteiger partial charge is 0.384 e. The summed E-state index contributed by atoms with van der Waals surface area (Å²) in [6.45, 7) is 2.38. The number of hydrogen-bond acceptors (Lipinski definition) is 3. The fourth-order valence-corrected chi connectivity index (χ4v) is 5.09. The highest BCUT2D eigenvalue weighted by molar-refractivity contribution is 7.85. The molecule has 0 spiro atoms. The van der Waals surface area contributed by atoms with E-state index in [0.717, 1.165) is 37.8 Å². The van der Waals surface area contributed by atoms with E-state index in [1.165, 1.54) is 19.3 Å². The Kier molecular flexibility index (Phi) is 4.04. The Morgan fingerprint density at radius 3 is 2.65 bits per heavy atom. The molecule has 0 aromatic heterocycles. The molecule has 1 saturated carbocycles. The topological polar surface area (TPSA) is 58.6 Å². The summed E-state index contributed by atoms with van der Waals surface area (Å²) >= 11 is 0.